The van der Waals surface area contributed by atoms with Crippen LogP contribution in [0.15, 0.2) is 12.3 Å². The molecule has 21 heavy (non-hydrogen) atoms. The summed E-state index contributed by atoms with van der Waals surface area (Å²) in [7, 11) is 3.30. The number of aromatic nitrogens is 5. The van der Waals surface area contributed by atoms with Crippen molar-refractivity contribution in [3.8, 4) is 12.0 Å². The number of ether oxygens (including phenoxy) is 1. The van der Waals surface area contributed by atoms with E-state index in [4.69, 9.17) is 10.5 Å². The van der Waals surface area contributed by atoms with Crippen molar-refractivity contribution in [1.29, 1.82) is 0 Å². The van der Waals surface area contributed by atoms with Crippen LogP contribution in [0.25, 0.3) is 5.95 Å². The second kappa shape index (κ2) is 6.16. The minimum absolute atomic E-state index is 0.0297. The highest BCUT2D eigenvalue weighted by molar-refractivity contribution is 5.91. The zero-order valence-corrected chi connectivity index (χ0v) is 12.1. The second-order valence-electron chi connectivity index (χ2n) is 4.47. The van der Waals surface area contributed by atoms with Crippen molar-refractivity contribution in [2.24, 2.45) is 0 Å². The van der Waals surface area contributed by atoms with E-state index in [-0.39, 0.29) is 29.5 Å². The Bertz CT molecular complexity index is 638. The summed E-state index contributed by atoms with van der Waals surface area (Å²) in [5.41, 5.74) is 5.91. The fraction of sp³-hybridized carbons (Fsp3) is 0.417. The molecule has 9 heteroatoms. The summed E-state index contributed by atoms with van der Waals surface area (Å²) in [6, 6.07) is 1.71. The largest absolute Gasteiger partial charge is 0.463 e. The molecule has 0 fully saturated rings. The third-order valence-electron chi connectivity index (χ3n) is 2.47. The Kier molecular flexibility index (Phi) is 4.31. The minimum Gasteiger partial charge on any atom is -0.463 e. The average Bonchev–Trinajstić information content (AvgIpc) is 2.93. The summed E-state index contributed by atoms with van der Waals surface area (Å²) in [4.78, 5) is 25.2. The van der Waals surface area contributed by atoms with E-state index < -0.39 is 0 Å². The Balaban J connectivity index is 2.29. The van der Waals surface area contributed by atoms with Crippen LogP contribution in [-0.4, -0.2) is 56.2 Å². The number of nitrogen functional groups attached to an aromatic ring is 1. The molecule has 0 aliphatic heterocycles. The van der Waals surface area contributed by atoms with Crippen molar-refractivity contribution in [2.75, 3.05) is 26.4 Å². The van der Waals surface area contributed by atoms with E-state index in [2.05, 4.69) is 20.1 Å². The van der Waals surface area contributed by atoms with Crippen LogP contribution in [0.5, 0.6) is 6.01 Å². The molecule has 0 unspecified atom stereocenters. The number of rotatable bonds is 5. The number of hydrogen-bond acceptors (Lipinski definition) is 7. The van der Waals surface area contributed by atoms with Crippen LogP contribution in [-0.2, 0) is 0 Å². The summed E-state index contributed by atoms with van der Waals surface area (Å²) in [5.74, 6) is 0.0201. The van der Waals surface area contributed by atoms with E-state index in [1.807, 2.05) is 6.92 Å². The lowest BCUT2D eigenvalue weighted by molar-refractivity contribution is 0.0821. The van der Waals surface area contributed by atoms with Gasteiger partial charge in [-0.05, 0) is 12.5 Å². The Hall–Kier alpha value is -2.71. The maximum Gasteiger partial charge on any atom is 0.323 e. The first kappa shape index (κ1) is 14.7. The van der Waals surface area contributed by atoms with E-state index in [1.165, 1.54) is 9.58 Å². The summed E-state index contributed by atoms with van der Waals surface area (Å²) in [5, 5.41) is 4.13. The van der Waals surface area contributed by atoms with Crippen molar-refractivity contribution in [1.82, 2.24) is 29.6 Å². The highest BCUT2D eigenvalue weighted by Gasteiger charge is 2.14. The molecule has 2 rings (SSSR count). The van der Waals surface area contributed by atoms with Gasteiger partial charge in [0.2, 0.25) is 5.95 Å². The fourth-order valence-electron chi connectivity index (χ4n) is 1.50. The topological polar surface area (TPSA) is 112 Å². The van der Waals surface area contributed by atoms with E-state index >= 15 is 0 Å². The van der Waals surface area contributed by atoms with Gasteiger partial charge in [-0.2, -0.15) is 20.1 Å². The van der Waals surface area contributed by atoms with Crippen molar-refractivity contribution >= 4 is 11.9 Å². The van der Waals surface area contributed by atoms with Crippen LogP contribution < -0.4 is 10.5 Å². The molecule has 9 nitrogen and oxygen atoms in total. The van der Waals surface area contributed by atoms with Crippen LogP contribution in [0.4, 0.5) is 5.95 Å². The molecule has 0 aromatic carbocycles. The SMILES string of the molecule is CCCOc1nc(N)nc(-n2ccc(C(=O)N(C)C)n2)n1. The summed E-state index contributed by atoms with van der Waals surface area (Å²) in [6.45, 7) is 2.45. The third kappa shape index (κ3) is 3.44. The van der Waals surface area contributed by atoms with Gasteiger partial charge < -0.3 is 15.4 Å². The molecule has 2 heterocycles. The predicted molar refractivity (Wildman–Crippen MR) is 75.2 cm³/mol. The van der Waals surface area contributed by atoms with E-state index in [1.54, 1.807) is 26.4 Å². The number of nitrogens with zero attached hydrogens (tertiary/aromatic N) is 6. The maximum absolute atomic E-state index is 11.8. The van der Waals surface area contributed by atoms with Gasteiger partial charge in [0.1, 0.15) is 0 Å². The molecule has 112 valence electrons. The summed E-state index contributed by atoms with van der Waals surface area (Å²) >= 11 is 0. The van der Waals surface area contributed by atoms with Crippen LogP contribution in [0.1, 0.15) is 23.8 Å². The molecule has 2 aromatic rings. The Morgan fingerprint density at radius 2 is 2.14 bits per heavy atom. The Labute approximate surface area is 121 Å². The number of anilines is 1. The van der Waals surface area contributed by atoms with Gasteiger partial charge in [-0.25, -0.2) is 4.68 Å². The maximum atomic E-state index is 11.8. The highest BCUT2D eigenvalue weighted by Crippen LogP contribution is 2.10. The lowest BCUT2D eigenvalue weighted by atomic mass is 10.4. The van der Waals surface area contributed by atoms with Gasteiger partial charge >= 0.3 is 6.01 Å². The number of carbonyl (C=O) groups is 1. The Morgan fingerprint density at radius 3 is 2.81 bits per heavy atom. The standard InChI is InChI=1S/C12H17N7O2/c1-4-7-21-12-15-10(13)14-11(16-12)19-6-5-8(17-19)9(20)18(2)3/h5-6H,4,7H2,1-3H3,(H2,13,14,15,16). The van der Waals surface area contributed by atoms with Crippen LogP contribution >= 0.6 is 0 Å². The van der Waals surface area contributed by atoms with E-state index in [0.29, 0.717) is 6.61 Å². The first-order chi connectivity index (χ1) is 10.0. The summed E-state index contributed by atoms with van der Waals surface area (Å²) in [6.07, 6.45) is 2.40. The molecule has 0 saturated carbocycles. The van der Waals surface area contributed by atoms with Gasteiger partial charge in [-0.3, -0.25) is 4.79 Å². The van der Waals surface area contributed by atoms with Gasteiger partial charge in [0.05, 0.1) is 6.61 Å². The number of hydrogen-bond donors (Lipinski definition) is 1. The molecular weight excluding hydrogens is 274 g/mol. The molecule has 1 amide bonds. The van der Waals surface area contributed by atoms with Crippen molar-refractivity contribution in [2.45, 2.75) is 13.3 Å². The third-order valence-corrected chi connectivity index (χ3v) is 2.47. The molecule has 2 aromatic heterocycles. The quantitative estimate of drug-likeness (QED) is 0.833. The van der Waals surface area contributed by atoms with Gasteiger partial charge in [0.25, 0.3) is 11.9 Å². The van der Waals surface area contributed by atoms with Gasteiger partial charge in [-0.15, -0.1) is 0 Å². The molecular formula is C12H17N7O2. The second-order valence-corrected chi connectivity index (χ2v) is 4.47. The molecule has 0 atom stereocenters. The van der Waals surface area contributed by atoms with Gasteiger partial charge in [0.15, 0.2) is 5.69 Å². The predicted octanol–water partition coefficient (Wildman–Crippen LogP) is 0.130. The molecule has 2 N–H and O–H groups in total. The number of carbonyl (C=O) groups excluding carboxylic acids is 1. The lowest BCUT2D eigenvalue weighted by Gasteiger charge is -2.07. The van der Waals surface area contributed by atoms with Crippen molar-refractivity contribution < 1.29 is 9.53 Å². The first-order valence-corrected chi connectivity index (χ1v) is 6.43. The van der Waals surface area contributed by atoms with Crippen molar-refractivity contribution in [3.05, 3.63) is 18.0 Å². The van der Waals surface area contributed by atoms with Gasteiger partial charge in [0, 0.05) is 20.3 Å². The van der Waals surface area contributed by atoms with Gasteiger partial charge in [-0.1, -0.05) is 6.92 Å². The highest BCUT2D eigenvalue weighted by atomic mass is 16.5. The Morgan fingerprint density at radius 1 is 1.38 bits per heavy atom. The van der Waals surface area contributed by atoms with Crippen LogP contribution in [0.3, 0.4) is 0 Å². The van der Waals surface area contributed by atoms with E-state index in [9.17, 15) is 4.79 Å². The average molecular weight is 291 g/mol. The normalized spacial score (nSPS) is 10.4. The zero-order valence-electron chi connectivity index (χ0n) is 12.1. The molecule has 0 radical (unpaired) electrons. The lowest BCUT2D eigenvalue weighted by Crippen LogP contribution is -2.22. The monoisotopic (exact) mass is 291 g/mol. The number of amides is 1. The first-order valence-electron chi connectivity index (χ1n) is 6.43. The minimum atomic E-state index is -0.210. The smallest absolute Gasteiger partial charge is 0.323 e. The van der Waals surface area contributed by atoms with Crippen molar-refractivity contribution in [3.63, 3.8) is 0 Å². The molecule has 0 aliphatic rings. The summed E-state index contributed by atoms with van der Waals surface area (Å²) < 4.78 is 6.69. The zero-order chi connectivity index (χ0) is 15.4. The number of nitrogens with two attached hydrogens (primary N) is 1. The van der Waals surface area contributed by atoms with E-state index in [0.717, 1.165) is 6.42 Å². The molecule has 0 aliphatic carbocycles. The fourth-order valence-corrected chi connectivity index (χ4v) is 1.50. The van der Waals surface area contributed by atoms with Crippen LogP contribution in [0.2, 0.25) is 0 Å². The molecule has 0 spiro atoms. The van der Waals surface area contributed by atoms with Crippen LogP contribution in [0, 0.1) is 0 Å². The molecule has 0 bridgehead atoms. The molecule has 0 saturated heterocycles.